The van der Waals surface area contributed by atoms with Gasteiger partial charge in [0.15, 0.2) is 0 Å². The third-order valence-electron chi connectivity index (χ3n) is 4.39. The van der Waals surface area contributed by atoms with E-state index in [0.29, 0.717) is 27.3 Å². The molecule has 0 aliphatic heterocycles. The Hall–Kier alpha value is -2.38. The number of thioether (sulfide) groups is 1. The Labute approximate surface area is 172 Å². The zero-order chi connectivity index (χ0) is 20.6. The smallest absolute Gasteiger partial charge is 0.328 e. The molecule has 148 valence electrons. The number of ether oxygens (including phenoxy) is 1. The number of aromatic nitrogens is 2. The molecule has 2 aromatic carbocycles. The maximum atomic E-state index is 12.9. The van der Waals surface area contributed by atoms with E-state index in [4.69, 9.17) is 16.3 Å². The van der Waals surface area contributed by atoms with Gasteiger partial charge in [-0.3, -0.25) is 13.9 Å². The lowest BCUT2D eigenvalue weighted by atomic mass is 10.1. The van der Waals surface area contributed by atoms with Crippen molar-refractivity contribution in [3.63, 3.8) is 0 Å². The lowest BCUT2D eigenvalue weighted by molar-refractivity contribution is 0.102. The molecule has 0 unspecified atom stereocenters. The van der Waals surface area contributed by atoms with E-state index in [-0.39, 0.29) is 11.6 Å². The number of anilines is 1. The summed E-state index contributed by atoms with van der Waals surface area (Å²) in [5, 5.41) is 3.71. The van der Waals surface area contributed by atoms with Crippen molar-refractivity contribution in [3.05, 3.63) is 51.4 Å². The Morgan fingerprint density at radius 3 is 2.39 bits per heavy atom. The monoisotopic (exact) mass is 419 g/mol. The lowest BCUT2D eigenvalue weighted by Crippen LogP contribution is -2.19. The molecular formula is C20H22ClN3O3S. The van der Waals surface area contributed by atoms with Crippen LogP contribution < -0.4 is 15.7 Å². The highest BCUT2D eigenvalue weighted by atomic mass is 35.5. The fourth-order valence-corrected chi connectivity index (χ4v) is 4.12. The Kier molecular flexibility index (Phi) is 5.76. The van der Waals surface area contributed by atoms with Crippen LogP contribution in [0, 0.1) is 0 Å². The number of nitrogens with zero attached hydrogens (tertiary/aromatic N) is 2. The molecule has 3 aromatic rings. The van der Waals surface area contributed by atoms with Crippen LogP contribution in [0.3, 0.4) is 0 Å². The Bertz CT molecular complexity index is 1120. The summed E-state index contributed by atoms with van der Waals surface area (Å²) in [6, 6.07) is 8.67. The van der Waals surface area contributed by atoms with Gasteiger partial charge in [0.25, 0.3) is 5.91 Å². The number of benzene rings is 2. The number of hydrogen-bond acceptors (Lipinski definition) is 4. The number of hydrogen-bond donors (Lipinski definition) is 1. The molecule has 1 aromatic heterocycles. The van der Waals surface area contributed by atoms with Crippen molar-refractivity contribution >= 4 is 46.0 Å². The second kappa shape index (κ2) is 7.93. The molecule has 0 spiro atoms. The summed E-state index contributed by atoms with van der Waals surface area (Å²) in [7, 11) is 4.96. The van der Waals surface area contributed by atoms with Gasteiger partial charge in [0.1, 0.15) is 5.75 Å². The molecule has 6 nitrogen and oxygen atoms in total. The number of carbonyl (C=O) groups is 1. The predicted molar refractivity (Wildman–Crippen MR) is 115 cm³/mol. The fourth-order valence-electron chi connectivity index (χ4n) is 3.02. The maximum Gasteiger partial charge on any atom is 0.328 e. The zero-order valence-electron chi connectivity index (χ0n) is 16.4. The molecule has 0 aliphatic rings. The second-order valence-corrected chi connectivity index (χ2v) is 8.76. The van der Waals surface area contributed by atoms with Gasteiger partial charge in [0.05, 0.1) is 29.4 Å². The van der Waals surface area contributed by atoms with Gasteiger partial charge in [-0.15, -0.1) is 11.8 Å². The van der Waals surface area contributed by atoms with Gasteiger partial charge < -0.3 is 10.1 Å². The van der Waals surface area contributed by atoms with Crippen LogP contribution in [0.25, 0.3) is 11.0 Å². The molecule has 8 heteroatoms. The molecule has 0 radical (unpaired) electrons. The SMILES string of the molecule is COc1ccc(Cl)cc1C(=O)Nc1cc2c(cc1SC(C)C)n(C)c(=O)n2C. The molecule has 1 amide bonds. The largest absolute Gasteiger partial charge is 0.496 e. The van der Waals surface area contributed by atoms with Crippen LogP contribution in [0.1, 0.15) is 24.2 Å². The minimum atomic E-state index is -0.328. The van der Waals surface area contributed by atoms with Crippen LogP contribution in [0.4, 0.5) is 5.69 Å². The van der Waals surface area contributed by atoms with Crippen LogP contribution in [0.5, 0.6) is 5.75 Å². The molecule has 0 atom stereocenters. The summed E-state index contributed by atoms with van der Waals surface area (Å²) < 4.78 is 8.46. The minimum Gasteiger partial charge on any atom is -0.496 e. The molecule has 0 saturated carbocycles. The van der Waals surface area contributed by atoms with Gasteiger partial charge >= 0.3 is 5.69 Å². The number of methoxy groups -OCH3 is 1. The summed E-state index contributed by atoms with van der Waals surface area (Å²) in [4.78, 5) is 26.1. The Morgan fingerprint density at radius 1 is 1.14 bits per heavy atom. The van der Waals surface area contributed by atoms with Gasteiger partial charge in [0, 0.05) is 29.3 Å². The summed E-state index contributed by atoms with van der Waals surface area (Å²) in [5.74, 6) is 0.110. The molecule has 1 N–H and O–H groups in total. The van der Waals surface area contributed by atoms with Crippen molar-refractivity contribution in [2.24, 2.45) is 14.1 Å². The highest BCUT2D eigenvalue weighted by Gasteiger charge is 2.18. The van der Waals surface area contributed by atoms with Crippen molar-refractivity contribution in [3.8, 4) is 5.75 Å². The van der Waals surface area contributed by atoms with Gasteiger partial charge in [-0.1, -0.05) is 25.4 Å². The first-order chi connectivity index (χ1) is 13.2. The predicted octanol–water partition coefficient (Wildman–Crippen LogP) is 4.29. The van der Waals surface area contributed by atoms with E-state index in [1.165, 1.54) is 7.11 Å². The van der Waals surface area contributed by atoms with Gasteiger partial charge in [-0.05, 0) is 30.3 Å². The number of nitrogens with one attached hydrogen (secondary N) is 1. The number of rotatable bonds is 5. The summed E-state index contributed by atoms with van der Waals surface area (Å²) in [6.45, 7) is 4.15. The topological polar surface area (TPSA) is 65.3 Å². The fraction of sp³-hybridized carbons (Fsp3) is 0.300. The average Bonchev–Trinajstić information content (AvgIpc) is 2.85. The van der Waals surface area contributed by atoms with Crippen molar-refractivity contribution in [1.29, 1.82) is 0 Å². The number of fused-ring (bicyclic) bond motifs is 1. The van der Waals surface area contributed by atoms with Crippen LogP contribution >= 0.6 is 23.4 Å². The van der Waals surface area contributed by atoms with Crippen LogP contribution in [0.15, 0.2) is 40.0 Å². The molecule has 0 saturated heterocycles. The number of halogens is 1. The second-order valence-electron chi connectivity index (χ2n) is 6.70. The third-order valence-corrected chi connectivity index (χ3v) is 5.69. The van der Waals surface area contributed by atoms with Gasteiger partial charge in [-0.25, -0.2) is 4.79 Å². The lowest BCUT2D eigenvalue weighted by Gasteiger charge is -2.15. The normalized spacial score (nSPS) is 11.2. The number of imidazole rings is 1. The van der Waals surface area contributed by atoms with E-state index in [1.807, 2.05) is 12.1 Å². The molecule has 0 fully saturated rings. The summed E-state index contributed by atoms with van der Waals surface area (Å²) >= 11 is 7.68. The van der Waals surface area contributed by atoms with E-state index in [0.717, 1.165) is 15.9 Å². The molecule has 0 aliphatic carbocycles. The minimum absolute atomic E-state index is 0.115. The van der Waals surface area contributed by atoms with Crippen molar-refractivity contribution in [1.82, 2.24) is 9.13 Å². The van der Waals surface area contributed by atoms with Crippen molar-refractivity contribution in [2.75, 3.05) is 12.4 Å². The van der Waals surface area contributed by atoms with E-state index in [1.54, 1.807) is 53.2 Å². The standard InChI is InChI=1S/C20H22ClN3O3S/c1-11(2)28-18-10-16-15(23(3)20(26)24(16)4)9-14(18)22-19(25)13-8-12(21)6-7-17(13)27-5/h6-11H,1-5H3,(H,22,25). The Balaban J connectivity index is 2.11. The molecule has 28 heavy (non-hydrogen) atoms. The van der Waals surface area contributed by atoms with Crippen LogP contribution in [-0.2, 0) is 14.1 Å². The van der Waals surface area contributed by atoms with Crippen LogP contribution in [-0.4, -0.2) is 27.4 Å². The van der Waals surface area contributed by atoms with Crippen LogP contribution in [0.2, 0.25) is 5.02 Å². The first kappa shape index (κ1) is 20.4. The maximum absolute atomic E-state index is 12.9. The van der Waals surface area contributed by atoms with Gasteiger partial charge in [-0.2, -0.15) is 0 Å². The van der Waals surface area contributed by atoms with E-state index < -0.39 is 0 Å². The Morgan fingerprint density at radius 2 is 1.79 bits per heavy atom. The third kappa shape index (κ3) is 3.77. The van der Waals surface area contributed by atoms with Crippen molar-refractivity contribution < 1.29 is 9.53 Å². The highest BCUT2D eigenvalue weighted by molar-refractivity contribution is 8.00. The average molecular weight is 420 g/mol. The molecule has 0 bridgehead atoms. The molecular weight excluding hydrogens is 398 g/mol. The number of amides is 1. The number of aryl methyl sites for hydroxylation is 2. The van der Waals surface area contributed by atoms with E-state index in [9.17, 15) is 9.59 Å². The summed E-state index contributed by atoms with van der Waals surface area (Å²) in [6.07, 6.45) is 0. The molecule has 3 rings (SSSR count). The quantitative estimate of drug-likeness (QED) is 0.626. The highest BCUT2D eigenvalue weighted by Crippen LogP contribution is 2.35. The molecule has 1 heterocycles. The first-order valence-corrected chi connectivity index (χ1v) is 9.99. The van der Waals surface area contributed by atoms with E-state index in [2.05, 4.69) is 19.2 Å². The zero-order valence-corrected chi connectivity index (χ0v) is 17.9. The van der Waals surface area contributed by atoms with Gasteiger partial charge in [0.2, 0.25) is 0 Å². The number of carbonyl (C=O) groups excluding carboxylic acids is 1. The first-order valence-electron chi connectivity index (χ1n) is 8.74. The van der Waals surface area contributed by atoms with Crippen molar-refractivity contribution in [2.45, 2.75) is 24.0 Å². The van der Waals surface area contributed by atoms with E-state index >= 15 is 0 Å². The summed E-state index contributed by atoms with van der Waals surface area (Å²) in [5.41, 5.74) is 2.43.